The van der Waals surface area contributed by atoms with Crippen molar-refractivity contribution in [1.82, 2.24) is 0 Å². The first-order chi connectivity index (χ1) is 8.40. The van der Waals surface area contributed by atoms with E-state index in [-0.39, 0.29) is 6.10 Å². The summed E-state index contributed by atoms with van der Waals surface area (Å²) >= 11 is 0. The molecule has 0 aromatic heterocycles. The van der Waals surface area contributed by atoms with E-state index >= 15 is 0 Å². The summed E-state index contributed by atoms with van der Waals surface area (Å²) in [6, 6.07) is 5.86. The fraction of sp³-hybridized carbons (Fsp3) is 0.600. The van der Waals surface area contributed by atoms with Crippen LogP contribution in [-0.2, 0) is 0 Å². The van der Waals surface area contributed by atoms with Crippen molar-refractivity contribution in [3.05, 3.63) is 18.2 Å². The Hall–Kier alpha value is -1.38. The van der Waals surface area contributed by atoms with Crippen LogP contribution in [0, 0.1) is 11.8 Å². The van der Waals surface area contributed by atoms with Crippen LogP contribution in [0.2, 0.25) is 0 Å². The maximum atomic E-state index is 5.89. The van der Waals surface area contributed by atoms with Gasteiger partial charge in [-0.15, -0.1) is 0 Å². The second kappa shape index (κ2) is 6.53. The lowest BCUT2D eigenvalue weighted by Gasteiger charge is -2.18. The fourth-order valence-electron chi connectivity index (χ4n) is 1.51. The Labute approximate surface area is 111 Å². The fourth-order valence-corrected chi connectivity index (χ4v) is 1.51. The van der Waals surface area contributed by atoms with Crippen LogP contribution in [-0.4, -0.2) is 12.6 Å². The van der Waals surface area contributed by atoms with Gasteiger partial charge in [-0.05, 0) is 37.8 Å². The molecule has 0 aliphatic heterocycles. The summed E-state index contributed by atoms with van der Waals surface area (Å²) < 4.78 is 5.67. The van der Waals surface area contributed by atoms with E-state index in [9.17, 15) is 0 Å². The highest BCUT2D eigenvalue weighted by Gasteiger charge is 2.08. The Morgan fingerprint density at radius 3 is 2.39 bits per heavy atom. The molecular weight excluding hydrogens is 224 g/mol. The van der Waals surface area contributed by atoms with Gasteiger partial charge in [0.25, 0.3) is 0 Å². The molecule has 102 valence electrons. The number of benzene rings is 1. The SMILES string of the molecule is CC(C)Oc1cc(NCC(C)C(C)C)ccc1N. The van der Waals surface area contributed by atoms with Gasteiger partial charge >= 0.3 is 0 Å². The van der Waals surface area contributed by atoms with E-state index in [1.807, 2.05) is 32.0 Å². The van der Waals surface area contributed by atoms with Crippen molar-refractivity contribution >= 4 is 11.4 Å². The average Bonchev–Trinajstić information content (AvgIpc) is 2.28. The highest BCUT2D eigenvalue weighted by Crippen LogP contribution is 2.26. The zero-order valence-electron chi connectivity index (χ0n) is 12.2. The van der Waals surface area contributed by atoms with E-state index in [4.69, 9.17) is 10.5 Å². The largest absolute Gasteiger partial charge is 0.489 e. The van der Waals surface area contributed by atoms with Gasteiger partial charge in [-0.2, -0.15) is 0 Å². The molecule has 0 amide bonds. The molecule has 0 saturated carbocycles. The zero-order chi connectivity index (χ0) is 13.7. The number of nitrogen functional groups attached to an aromatic ring is 1. The molecule has 0 radical (unpaired) electrons. The summed E-state index contributed by atoms with van der Waals surface area (Å²) in [5.41, 5.74) is 7.64. The number of nitrogens with two attached hydrogens (primary N) is 1. The highest BCUT2D eigenvalue weighted by atomic mass is 16.5. The van der Waals surface area contributed by atoms with Gasteiger partial charge in [0, 0.05) is 18.3 Å². The van der Waals surface area contributed by atoms with Crippen LogP contribution in [0.5, 0.6) is 5.75 Å². The lowest BCUT2D eigenvalue weighted by molar-refractivity contribution is 0.244. The predicted octanol–water partition coefficient (Wildman–Crippen LogP) is 3.76. The maximum absolute atomic E-state index is 5.89. The Bertz CT molecular complexity index is 375. The number of hydrogen-bond acceptors (Lipinski definition) is 3. The standard InChI is InChI=1S/C15H26N2O/c1-10(2)12(5)9-17-13-6-7-14(16)15(8-13)18-11(3)4/h6-8,10-12,17H,9,16H2,1-5H3. The minimum Gasteiger partial charge on any atom is -0.489 e. The van der Waals surface area contributed by atoms with Crippen LogP contribution in [0.4, 0.5) is 11.4 Å². The van der Waals surface area contributed by atoms with Crippen LogP contribution in [0.3, 0.4) is 0 Å². The number of anilines is 2. The van der Waals surface area contributed by atoms with Crippen LogP contribution < -0.4 is 15.8 Å². The third-order valence-corrected chi connectivity index (χ3v) is 3.14. The van der Waals surface area contributed by atoms with Gasteiger partial charge < -0.3 is 15.8 Å². The van der Waals surface area contributed by atoms with Crippen molar-refractivity contribution < 1.29 is 4.74 Å². The molecule has 0 bridgehead atoms. The molecule has 1 atom stereocenters. The monoisotopic (exact) mass is 250 g/mol. The molecule has 1 unspecified atom stereocenters. The molecule has 0 aliphatic rings. The number of rotatable bonds is 6. The number of nitrogens with one attached hydrogen (secondary N) is 1. The summed E-state index contributed by atoms with van der Waals surface area (Å²) in [5, 5.41) is 3.43. The molecule has 0 aliphatic carbocycles. The van der Waals surface area contributed by atoms with Gasteiger partial charge in [0.05, 0.1) is 11.8 Å². The molecule has 0 saturated heterocycles. The molecule has 18 heavy (non-hydrogen) atoms. The summed E-state index contributed by atoms with van der Waals surface area (Å²) in [4.78, 5) is 0. The van der Waals surface area contributed by atoms with Crippen LogP contribution in [0.1, 0.15) is 34.6 Å². The minimum atomic E-state index is 0.136. The Kier molecular flexibility index (Phi) is 5.32. The molecule has 3 heteroatoms. The third kappa shape index (κ3) is 4.47. The second-order valence-corrected chi connectivity index (χ2v) is 5.52. The van der Waals surface area contributed by atoms with Gasteiger partial charge in [0.1, 0.15) is 5.75 Å². The van der Waals surface area contributed by atoms with Crippen LogP contribution >= 0.6 is 0 Å². The Morgan fingerprint density at radius 2 is 1.83 bits per heavy atom. The normalized spacial score (nSPS) is 12.8. The van der Waals surface area contributed by atoms with Crippen molar-refractivity contribution in [3.8, 4) is 5.75 Å². The Balaban J connectivity index is 2.67. The average molecular weight is 250 g/mol. The second-order valence-electron chi connectivity index (χ2n) is 5.52. The molecule has 1 rings (SSSR count). The molecule has 3 nitrogen and oxygen atoms in total. The van der Waals surface area contributed by atoms with Crippen LogP contribution in [0.25, 0.3) is 0 Å². The van der Waals surface area contributed by atoms with Gasteiger partial charge in [-0.25, -0.2) is 0 Å². The lowest BCUT2D eigenvalue weighted by Crippen LogP contribution is -2.16. The maximum Gasteiger partial charge on any atom is 0.144 e. The van der Waals surface area contributed by atoms with Crippen LogP contribution in [0.15, 0.2) is 18.2 Å². The van der Waals surface area contributed by atoms with Crippen molar-refractivity contribution in [1.29, 1.82) is 0 Å². The quantitative estimate of drug-likeness (QED) is 0.756. The van der Waals surface area contributed by atoms with Gasteiger partial charge in [-0.1, -0.05) is 20.8 Å². The summed E-state index contributed by atoms with van der Waals surface area (Å²) in [7, 11) is 0. The van der Waals surface area contributed by atoms with E-state index in [1.54, 1.807) is 0 Å². The van der Waals surface area contributed by atoms with Crippen molar-refractivity contribution in [3.63, 3.8) is 0 Å². The Morgan fingerprint density at radius 1 is 1.17 bits per heavy atom. The number of hydrogen-bond donors (Lipinski definition) is 2. The highest BCUT2D eigenvalue weighted by molar-refractivity contribution is 5.61. The minimum absolute atomic E-state index is 0.136. The summed E-state index contributed by atoms with van der Waals surface area (Å²) in [5.74, 6) is 2.07. The molecule has 3 N–H and O–H groups in total. The van der Waals surface area contributed by atoms with E-state index in [0.717, 1.165) is 18.0 Å². The molecule has 1 aromatic carbocycles. The van der Waals surface area contributed by atoms with Gasteiger partial charge in [0.2, 0.25) is 0 Å². The van der Waals surface area contributed by atoms with Crippen molar-refractivity contribution in [2.24, 2.45) is 11.8 Å². The van der Waals surface area contributed by atoms with E-state index in [0.29, 0.717) is 17.5 Å². The first kappa shape index (κ1) is 14.7. The van der Waals surface area contributed by atoms with Gasteiger partial charge in [-0.3, -0.25) is 0 Å². The summed E-state index contributed by atoms with van der Waals surface area (Å²) in [6.45, 7) is 11.7. The number of ether oxygens (including phenoxy) is 1. The van der Waals surface area contributed by atoms with Gasteiger partial charge in [0.15, 0.2) is 0 Å². The molecule has 0 spiro atoms. The molecular formula is C15H26N2O. The lowest BCUT2D eigenvalue weighted by atomic mass is 9.98. The topological polar surface area (TPSA) is 47.3 Å². The van der Waals surface area contributed by atoms with E-state index < -0.39 is 0 Å². The third-order valence-electron chi connectivity index (χ3n) is 3.14. The van der Waals surface area contributed by atoms with E-state index in [1.165, 1.54) is 0 Å². The zero-order valence-corrected chi connectivity index (χ0v) is 12.2. The molecule has 0 fully saturated rings. The summed E-state index contributed by atoms with van der Waals surface area (Å²) in [6.07, 6.45) is 0.136. The molecule has 0 heterocycles. The van der Waals surface area contributed by atoms with E-state index in [2.05, 4.69) is 26.1 Å². The predicted molar refractivity (Wildman–Crippen MR) is 79.1 cm³/mol. The smallest absolute Gasteiger partial charge is 0.144 e. The van der Waals surface area contributed by atoms with Crippen molar-refractivity contribution in [2.75, 3.05) is 17.6 Å². The first-order valence-electron chi connectivity index (χ1n) is 6.70. The molecule has 1 aromatic rings. The van der Waals surface area contributed by atoms with Crippen molar-refractivity contribution in [2.45, 2.75) is 40.7 Å². The first-order valence-corrected chi connectivity index (χ1v) is 6.70.